The third kappa shape index (κ3) is 5.39. The Labute approximate surface area is 194 Å². The van der Waals surface area contributed by atoms with Crippen molar-refractivity contribution in [2.75, 3.05) is 43.6 Å². The molecule has 0 aliphatic rings. The van der Waals surface area contributed by atoms with Gasteiger partial charge in [-0.2, -0.15) is 0 Å². The van der Waals surface area contributed by atoms with E-state index in [9.17, 15) is 0 Å². The number of nitrogens with zero attached hydrogens (tertiary/aromatic N) is 5. The minimum atomic E-state index is 0.425. The number of ether oxygens (including phenoxy) is 1. The third-order valence-corrected chi connectivity index (χ3v) is 5.21. The van der Waals surface area contributed by atoms with Crippen molar-refractivity contribution in [3.63, 3.8) is 0 Å². The first-order valence-corrected chi connectivity index (χ1v) is 11.0. The highest BCUT2D eigenvalue weighted by Crippen LogP contribution is 2.20. The van der Waals surface area contributed by atoms with Crippen molar-refractivity contribution in [2.45, 2.75) is 6.92 Å². The van der Waals surface area contributed by atoms with Crippen LogP contribution < -0.4 is 14.5 Å². The molecule has 6 nitrogen and oxygen atoms in total. The van der Waals surface area contributed by atoms with Crippen molar-refractivity contribution in [2.24, 2.45) is 0 Å². The zero-order chi connectivity index (χ0) is 23.0. The highest BCUT2D eigenvalue weighted by molar-refractivity contribution is 5.71. The zero-order valence-electron chi connectivity index (χ0n) is 19.2. The number of likely N-dealkylation sites (N-methyl/N-ethyl adjacent to an activating group) is 1. The van der Waals surface area contributed by atoms with Crippen LogP contribution in [0.4, 0.5) is 11.4 Å². The van der Waals surface area contributed by atoms with Crippen LogP contribution in [0.5, 0.6) is 5.88 Å². The molecule has 0 atom stereocenters. The molecule has 0 spiro atoms. The molecule has 0 amide bonds. The summed E-state index contributed by atoms with van der Waals surface area (Å²) in [7, 11) is 4.00. The SMILES string of the molecule is CCN(CCOc1nc2cccnc2nc1C#Cc1ccccc1N(C)C)c1ccccc1. The van der Waals surface area contributed by atoms with Crippen LogP contribution >= 0.6 is 0 Å². The Morgan fingerprint density at radius 2 is 1.67 bits per heavy atom. The van der Waals surface area contributed by atoms with E-state index >= 15 is 0 Å². The van der Waals surface area contributed by atoms with Gasteiger partial charge in [0, 0.05) is 38.1 Å². The van der Waals surface area contributed by atoms with E-state index in [2.05, 4.69) is 50.7 Å². The Hall–Kier alpha value is -4.11. The van der Waals surface area contributed by atoms with Gasteiger partial charge in [-0.25, -0.2) is 15.0 Å². The molecule has 2 aromatic carbocycles. The van der Waals surface area contributed by atoms with Crippen molar-refractivity contribution in [3.05, 3.63) is 84.2 Å². The van der Waals surface area contributed by atoms with Crippen molar-refractivity contribution in [1.82, 2.24) is 15.0 Å². The molecule has 0 N–H and O–H groups in total. The first-order valence-electron chi connectivity index (χ1n) is 11.0. The molecule has 0 saturated heterocycles. The van der Waals surface area contributed by atoms with Gasteiger partial charge in [-0.05, 0) is 49.2 Å². The number of para-hydroxylation sites is 2. The second-order valence-electron chi connectivity index (χ2n) is 7.65. The van der Waals surface area contributed by atoms with Crippen LogP contribution in [-0.4, -0.2) is 48.7 Å². The smallest absolute Gasteiger partial charge is 0.249 e. The molecule has 0 saturated carbocycles. The van der Waals surface area contributed by atoms with E-state index in [1.54, 1.807) is 6.20 Å². The molecule has 2 aromatic heterocycles. The fraction of sp³-hybridized carbons (Fsp3) is 0.222. The fourth-order valence-corrected chi connectivity index (χ4v) is 3.52. The van der Waals surface area contributed by atoms with Crippen molar-refractivity contribution in [3.8, 4) is 17.7 Å². The molecule has 0 unspecified atom stereocenters. The summed E-state index contributed by atoms with van der Waals surface area (Å²) >= 11 is 0. The first-order chi connectivity index (χ1) is 16.2. The second kappa shape index (κ2) is 10.5. The molecule has 2 heterocycles. The highest BCUT2D eigenvalue weighted by Gasteiger charge is 2.11. The number of rotatable bonds is 7. The highest BCUT2D eigenvalue weighted by atomic mass is 16.5. The Morgan fingerprint density at radius 1 is 0.879 bits per heavy atom. The van der Waals surface area contributed by atoms with Crippen LogP contribution in [-0.2, 0) is 0 Å². The van der Waals surface area contributed by atoms with Crippen molar-refractivity contribution < 1.29 is 4.74 Å². The molecule has 0 aliphatic carbocycles. The summed E-state index contributed by atoms with van der Waals surface area (Å²) in [6.07, 6.45) is 1.70. The van der Waals surface area contributed by atoms with Crippen LogP contribution in [0.15, 0.2) is 72.9 Å². The predicted octanol–water partition coefficient (Wildman–Crippen LogP) is 4.40. The summed E-state index contributed by atoms with van der Waals surface area (Å²) in [5.74, 6) is 6.84. The van der Waals surface area contributed by atoms with E-state index in [0.717, 1.165) is 30.0 Å². The lowest BCUT2D eigenvalue weighted by molar-refractivity contribution is 0.311. The van der Waals surface area contributed by atoms with Gasteiger partial charge >= 0.3 is 0 Å². The first kappa shape index (κ1) is 22.1. The van der Waals surface area contributed by atoms with Gasteiger partial charge in [-0.15, -0.1) is 0 Å². The van der Waals surface area contributed by atoms with Crippen LogP contribution in [0.3, 0.4) is 0 Å². The summed E-state index contributed by atoms with van der Waals surface area (Å²) in [5, 5.41) is 0. The van der Waals surface area contributed by atoms with Crippen molar-refractivity contribution >= 4 is 22.5 Å². The van der Waals surface area contributed by atoms with E-state index < -0.39 is 0 Å². The lowest BCUT2D eigenvalue weighted by Crippen LogP contribution is -2.28. The molecule has 166 valence electrons. The summed E-state index contributed by atoms with van der Waals surface area (Å²) in [5.41, 5.74) is 4.84. The van der Waals surface area contributed by atoms with E-state index in [1.807, 2.05) is 73.6 Å². The van der Waals surface area contributed by atoms with Gasteiger partial charge in [0.05, 0.1) is 12.2 Å². The quantitative estimate of drug-likeness (QED) is 0.400. The normalized spacial score (nSPS) is 10.4. The maximum absolute atomic E-state index is 6.11. The van der Waals surface area contributed by atoms with Crippen LogP contribution in [0, 0.1) is 11.8 Å². The van der Waals surface area contributed by atoms with Crippen molar-refractivity contribution in [1.29, 1.82) is 0 Å². The Morgan fingerprint density at radius 3 is 2.45 bits per heavy atom. The van der Waals surface area contributed by atoms with E-state index in [-0.39, 0.29) is 0 Å². The Kier molecular flexibility index (Phi) is 7.01. The molecule has 4 aromatic rings. The number of aromatic nitrogens is 3. The van der Waals surface area contributed by atoms with E-state index in [0.29, 0.717) is 29.3 Å². The molecule has 33 heavy (non-hydrogen) atoms. The molecule has 0 bridgehead atoms. The van der Waals surface area contributed by atoms with Gasteiger partial charge in [0.2, 0.25) is 5.88 Å². The van der Waals surface area contributed by atoms with Gasteiger partial charge in [0.25, 0.3) is 0 Å². The molecule has 0 aliphatic heterocycles. The van der Waals surface area contributed by atoms with Gasteiger partial charge in [0.1, 0.15) is 12.1 Å². The predicted molar refractivity (Wildman–Crippen MR) is 134 cm³/mol. The number of hydrogen-bond acceptors (Lipinski definition) is 6. The number of benzene rings is 2. The lowest BCUT2D eigenvalue weighted by atomic mass is 10.1. The van der Waals surface area contributed by atoms with Gasteiger partial charge in [0.15, 0.2) is 11.3 Å². The summed E-state index contributed by atoms with van der Waals surface area (Å²) in [4.78, 5) is 17.9. The molecular formula is C27H27N5O. The molecule has 0 fully saturated rings. The van der Waals surface area contributed by atoms with Crippen LogP contribution in [0.25, 0.3) is 11.2 Å². The average Bonchev–Trinajstić information content (AvgIpc) is 2.86. The van der Waals surface area contributed by atoms with Crippen LogP contribution in [0.2, 0.25) is 0 Å². The third-order valence-electron chi connectivity index (χ3n) is 5.21. The molecule has 4 rings (SSSR count). The largest absolute Gasteiger partial charge is 0.474 e. The second-order valence-corrected chi connectivity index (χ2v) is 7.65. The van der Waals surface area contributed by atoms with E-state index in [4.69, 9.17) is 4.74 Å². The number of pyridine rings is 1. The number of anilines is 2. The minimum Gasteiger partial charge on any atom is -0.474 e. The summed E-state index contributed by atoms with van der Waals surface area (Å²) in [6, 6.07) is 22.0. The molecular weight excluding hydrogens is 410 g/mol. The van der Waals surface area contributed by atoms with Crippen LogP contribution in [0.1, 0.15) is 18.2 Å². The Balaban J connectivity index is 1.61. The number of fused-ring (bicyclic) bond motifs is 1. The topological polar surface area (TPSA) is 54.4 Å². The molecule has 6 heteroatoms. The molecule has 0 radical (unpaired) electrons. The standard InChI is InChI=1S/C27H27N5O/c1-4-32(22-12-6-5-7-13-22)19-20-33-27-24(29-26-23(30-27)14-10-18-28-26)17-16-21-11-8-9-15-25(21)31(2)3/h5-15,18H,4,19-20H2,1-3H3. The monoisotopic (exact) mass is 437 g/mol. The van der Waals surface area contributed by atoms with Gasteiger partial charge in [-0.3, -0.25) is 0 Å². The van der Waals surface area contributed by atoms with Gasteiger partial charge < -0.3 is 14.5 Å². The lowest BCUT2D eigenvalue weighted by Gasteiger charge is -2.23. The van der Waals surface area contributed by atoms with Gasteiger partial charge in [-0.1, -0.05) is 36.3 Å². The number of hydrogen-bond donors (Lipinski definition) is 0. The fourth-order valence-electron chi connectivity index (χ4n) is 3.52. The summed E-state index contributed by atoms with van der Waals surface area (Å²) in [6.45, 7) is 4.21. The average molecular weight is 438 g/mol. The maximum Gasteiger partial charge on any atom is 0.249 e. The summed E-state index contributed by atoms with van der Waals surface area (Å²) < 4.78 is 6.11. The Bertz CT molecular complexity index is 1280. The minimum absolute atomic E-state index is 0.425. The maximum atomic E-state index is 6.11. The zero-order valence-corrected chi connectivity index (χ0v) is 19.2. The van der Waals surface area contributed by atoms with E-state index in [1.165, 1.54) is 0 Å².